The van der Waals surface area contributed by atoms with E-state index in [2.05, 4.69) is 38.2 Å². The van der Waals surface area contributed by atoms with Gasteiger partial charge in [-0.1, -0.05) is 6.42 Å². The molecule has 3 N–H and O–H groups in total. The molecule has 3 heterocycles. The fraction of sp³-hybridized carbons (Fsp3) is 0.474. The summed E-state index contributed by atoms with van der Waals surface area (Å²) in [7, 11) is 2.08. The minimum Gasteiger partial charge on any atom is -0.381 e. The highest BCUT2D eigenvalue weighted by molar-refractivity contribution is 7.18. The fourth-order valence-electron chi connectivity index (χ4n) is 3.84. The largest absolute Gasteiger partial charge is 0.381 e. The van der Waals surface area contributed by atoms with Crippen LogP contribution in [0, 0.1) is 11.3 Å². The van der Waals surface area contributed by atoms with Crippen molar-refractivity contribution in [2.24, 2.45) is 0 Å². The summed E-state index contributed by atoms with van der Waals surface area (Å²) in [5.74, 6) is 1.29. The van der Waals surface area contributed by atoms with Crippen molar-refractivity contribution in [3.8, 4) is 6.07 Å². The fourth-order valence-corrected chi connectivity index (χ4v) is 5.06. The Hall–Kier alpha value is -2.66. The molecule has 7 nitrogen and oxygen atoms in total. The summed E-state index contributed by atoms with van der Waals surface area (Å²) in [4.78, 5) is 13.9. The van der Waals surface area contributed by atoms with E-state index >= 15 is 0 Å². The second-order valence-electron chi connectivity index (χ2n) is 7.04. The molecule has 4 rings (SSSR count). The minimum atomic E-state index is 0.277. The van der Waals surface area contributed by atoms with E-state index in [9.17, 15) is 5.26 Å². The molecule has 0 amide bonds. The van der Waals surface area contributed by atoms with Crippen LogP contribution in [0.25, 0.3) is 10.2 Å². The molecule has 0 aromatic carbocycles. The van der Waals surface area contributed by atoms with Gasteiger partial charge in [-0.15, -0.1) is 11.3 Å². The lowest BCUT2D eigenvalue weighted by molar-refractivity contribution is 0.713. The molecule has 3 aromatic rings. The number of aryl methyl sites for hydroxylation is 3. The number of nitrogens with zero attached hydrogens (tertiary/aromatic N) is 5. The Balaban J connectivity index is 1.53. The molecule has 0 saturated carbocycles. The molecular formula is C19H23N7S. The van der Waals surface area contributed by atoms with Crippen LogP contribution < -0.4 is 10.6 Å². The Morgan fingerprint density at radius 1 is 1.30 bits per heavy atom. The lowest BCUT2D eigenvalue weighted by atomic mass is 10.1. The summed E-state index contributed by atoms with van der Waals surface area (Å²) in [6.45, 7) is 0.834. The molecule has 0 spiro atoms. The number of fused-ring (bicyclic) bond motifs is 3. The first-order valence-electron chi connectivity index (χ1n) is 9.38. The van der Waals surface area contributed by atoms with Crippen LogP contribution in [0.5, 0.6) is 0 Å². The highest BCUT2D eigenvalue weighted by atomic mass is 32.1. The van der Waals surface area contributed by atoms with E-state index < -0.39 is 0 Å². The Labute approximate surface area is 162 Å². The molecule has 1 aliphatic rings. The number of rotatable bonds is 5. The first-order chi connectivity index (χ1) is 13.2. The molecule has 0 radical (unpaired) electrons. The monoisotopic (exact) mass is 381 g/mol. The van der Waals surface area contributed by atoms with Crippen LogP contribution in [0.15, 0.2) is 6.33 Å². The molecule has 1 aliphatic carbocycles. The third kappa shape index (κ3) is 3.35. The zero-order chi connectivity index (χ0) is 18.8. The Bertz CT molecular complexity index is 998. The van der Waals surface area contributed by atoms with Gasteiger partial charge in [0.25, 0.3) is 0 Å². The van der Waals surface area contributed by atoms with Crippen LogP contribution >= 0.6 is 11.3 Å². The number of nitrogens with two attached hydrogens (primary N) is 1. The van der Waals surface area contributed by atoms with Crippen molar-refractivity contribution < 1.29 is 0 Å². The normalized spacial score (nSPS) is 13.9. The van der Waals surface area contributed by atoms with E-state index in [1.807, 2.05) is 11.3 Å². The Morgan fingerprint density at radius 2 is 2.15 bits per heavy atom. The maximum Gasteiger partial charge on any atom is 0.163 e. The van der Waals surface area contributed by atoms with Crippen molar-refractivity contribution in [2.75, 3.05) is 24.2 Å². The number of aromatic amines is 1. The van der Waals surface area contributed by atoms with Crippen LogP contribution in [0.2, 0.25) is 0 Å². The summed E-state index contributed by atoms with van der Waals surface area (Å²) in [5, 5.41) is 17.2. The van der Waals surface area contributed by atoms with E-state index in [0.717, 1.165) is 48.6 Å². The Kier molecular flexibility index (Phi) is 4.94. The number of nitrogen functional groups attached to an aromatic ring is 1. The lowest BCUT2D eigenvalue weighted by Gasteiger charge is -2.19. The second-order valence-corrected chi connectivity index (χ2v) is 8.12. The molecule has 27 heavy (non-hydrogen) atoms. The highest BCUT2D eigenvalue weighted by Crippen LogP contribution is 2.38. The third-order valence-electron chi connectivity index (χ3n) is 5.24. The van der Waals surface area contributed by atoms with Gasteiger partial charge in [-0.25, -0.2) is 9.97 Å². The van der Waals surface area contributed by atoms with Gasteiger partial charge in [0.2, 0.25) is 0 Å². The number of H-pyrrole nitrogens is 1. The molecule has 0 unspecified atom stereocenters. The number of aromatic nitrogens is 4. The standard InChI is InChI=1S/C19H23N7S/c1-26(9-5-7-14-13(10-20)17(21)25-24-14)18-16-12-6-3-2-4-8-15(12)27-19(16)23-11-22-18/h11H,2-9H2,1H3,(H3,21,24,25). The predicted molar refractivity (Wildman–Crippen MR) is 108 cm³/mol. The Morgan fingerprint density at radius 3 is 3.00 bits per heavy atom. The van der Waals surface area contributed by atoms with Crippen molar-refractivity contribution in [1.29, 1.82) is 5.26 Å². The molecule has 8 heteroatoms. The second kappa shape index (κ2) is 7.53. The van der Waals surface area contributed by atoms with Crippen molar-refractivity contribution >= 4 is 33.2 Å². The number of nitriles is 1. The van der Waals surface area contributed by atoms with Crippen molar-refractivity contribution in [3.63, 3.8) is 0 Å². The first-order valence-corrected chi connectivity index (χ1v) is 10.2. The zero-order valence-corrected chi connectivity index (χ0v) is 16.3. The van der Waals surface area contributed by atoms with Gasteiger partial charge in [-0.05, 0) is 44.1 Å². The van der Waals surface area contributed by atoms with Crippen LogP contribution in [0.4, 0.5) is 11.6 Å². The van der Waals surface area contributed by atoms with E-state index in [-0.39, 0.29) is 5.82 Å². The summed E-state index contributed by atoms with van der Waals surface area (Å²) in [6.07, 6.45) is 9.39. The van der Waals surface area contributed by atoms with Gasteiger partial charge in [0.1, 0.15) is 28.6 Å². The summed E-state index contributed by atoms with van der Waals surface area (Å²) >= 11 is 1.83. The molecule has 0 bridgehead atoms. The van der Waals surface area contributed by atoms with Gasteiger partial charge >= 0.3 is 0 Å². The third-order valence-corrected chi connectivity index (χ3v) is 6.44. The van der Waals surface area contributed by atoms with Crippen molar-refractivity contribution in [2.45, 2.75) is 44.9 Å². The molecule has 3 aromatic heterocycles. The molecular weight excluding hydrogens is 358 g/mol. The number of hydrogen-bond acceptors (Lipinski definition) is 7. The highest BCUT2D eigenvalue weighted by Gasteiger charge is 2.20. The van der Waals surface area contributed by atoms with Gasteiger partial charge in [0.15, 0.2) is 5.82 Å². The first kappa shape index (κ1) is 17.7. The average molecular weight is 382 g/mol. The molecule has 0 atom stereocenters. The van der Waals surface area contributed by atoms with E-state index in [0.29, 0.717) is 5.56 Å². The topological polar surface area (TPSA) is 108 Å². The van der Waals surface area contributed by atoms with Crippen LogP contribution in [0.3, 0.4) is 0 Å². The maximum absolute atomic E-state index is 9.19. The van der Waals surface area contributed by atoms with Gasteiger partial charge in [0.05, 0.1) is 11.1 Å². The van der Waals surface area contributed by atoms with Gasteiger partial charge in [-0.2, -0.15) is 10.4 Å². The minimum absolute atomic E-state index is 0.277. The van der Waals surface area contributed by atoms with Crippen LogP contribution in [-0.4, -0.2) is 33.8 Å². The maximum atomic E-state index is 9.19. The van der Waals surface area contributed by atoms with Gasteiger partial charge in [-0.3, -0.25) is 5.10 Å². The molecule has 0 saturated heterocycles. The van der Waals surface area contributed by atoms with Crippen molar-refractivity contribution in [3.05, 3.63) is 28.0 Å². The van der Waals surface area contributed by atoms with Gasteiger partial charge < -0.3 is 10.6 Å². The molecule has 0 fully saturated rings. The zero-order valence-electron chi connectivity index (χ0n) is 15.5. The summed E-state index contributed by atoms with van der Waals surface area (Å²) in [5.41, 5.74) is 8.44. The number of hydrogen-bond donors (Lipinski definition) is 2. The van der Waals surface area contributed by atoms with Crippen LogP contribution in [0.1, 0.15) is 47.4 Å². The van der Waals surface area contributed by atoms with E-state index in [1.165, 1.54) is 35.1 Å². The number of nitrogens with one attached hydrogen (secondary N) is 1. The van der Waals surface area contributed by atoms with E-state index in [1.54, 1.807) is 6.33 Å². The summed E-state index contributed by atoms with van der Waals surface area (Å²) in [6, 6.07) is 2.12. The summed E-state index contributed by atoms with van der Waals surface area (Å²) < 4.78 is 0. The molecule has 140 valence electrons. The lowest BCUT2D eigenvalue weighted by Crippen LogP contribution is -2.21. The number of thiophene rings is 1. The van der Waals surface area contributed by atoms with Crippen LogP contribution in [-0.2, 0) is 19.3 Å². The quantitative estimate of drug-likeness (QED) is 0.657. The average Bonchev–Trinajstić information content (AvgIpc) is 3.12. The SMILES string of the molecule is CN(CCCc1[nH]nc(N)c1C#N)c1ncnc2sc3c(c12)CCCCC3. The van der Waals surface area contributed by atoms with Gasteiger partial charge in [0, 0.05) is 18.5 Å². The molecule has 0 aliphatic heterocycles. The number of anilines is 2. The van der Waals surface area contributed by atoms with E-state index in [4.69, 9.17) is 5.73 Å². The smallest absolute Gasteiger partial charge is 0.163 e. The van der Waals surface area contributed by atoms with Crippen molar-refractivity contribution in [1.82, 2.24) is 20.2 Å². The predicted octanol–water partition coefficient (Wildman–Crippen LogP) is 3.21.